The fraction of sp³-hybridized carbons (Fsp3) is 0. The molecule has 6 rings (SSSR count). The minimum atomic E-state index is 0.842. The van der Waals surface area contributed by atoms with Crippen LogP contribution in [-0.4, -0.2) is 9.97 Å². The van der Waals surface area contributed by atoms with E-state index in [-0.39, 0.29) is 0 Å². The van der Waals surface area contributed by atoms with Gasteiger partial charge in [0.1, 0.15) is 0 Å². The lowest BCUT2D eigenvalue weighted by Crippen LogP contribution is -1.96. The molecule has 4 aromatic carbocycles. The van der Waals surface area contributed by atoms with Crippen LogP contribution in [0.25, 0.3) is 56.0 Å². The third kappa shape index (κ3) is 4.98. The maximum Gasteiger partial charge on any atom is 0.0894 e. The molecule has 0 aliphatic rings. The van der Waals surface area contributed by atoms with Crippen molar-refractivity contribution in [3.63, 3.8) is 0 Å². The van der Waals surface area contributed by atoms with Crippen molar-refractivity contribution >= 4 is 31.9 Å². The van der Waals surface area contributed by atoms with Crippen molar-refractivity contribution in [2.24, 2.45) is 0 Å². The summed E-state index contributed by atoms with van der Waals surface area (Å²) in [6, 6.07) is 44.0. The Balaban J connectivity index is 1.64. The lowest BCUT2D eigenvalue weighted by atomic mass is 9.89. The Bertz CT molecular complexity index is 1700. The molecular formula is C34H22Br2N2. The lowest BCUT2D eigenvalue weighted by molar-refractivity contribution is 1.25. The Morgan fingerprint density at radius 1 is 0.447 bits per heavy atom. The maximum atomic E-state index is 5.19. The lowest BCUT2D eigenvalue weighted by Gasteiger charge is -2.18. The second-order valence-electron chi connectivity index (χ2n) is 8.92. The normalized spacial score (nSPS) is 10.9. The quantitative estimate of drug-likeness (QED) is 0.192. The van der Waals surface area contributed by atoms with Gasteiger partial charge in [0.05, 0.1) is 17.1 Å². The fourth-order valence-corrected chi connectivity index (χ4v) is 5.49. The number of aromatic nitrogens is 2. The number of benzene rings is 4. The van der Waals surface area contributed by atoms with Crippen LogP contribution in [0.4, 0.5) is 0 Å². The molecule has 2 nitrogen and oxygen atoms in total. The van der Waals surface area contributed by atoms with E-state index in [0.29, 0.717) is 0 Å². The molecule has 0 saturated carbocycles. The SMILES string of the molecule is Brc1ccc(-c2nc(-c3ccccn3)ccc2-c2cc(-c3ccccc3)c(Br)cc2-c2ccccc2)cc1. The number of halogens is 2. The van der Waals surface area contributed by atoms with Gasteiger partial charge in [0.15, 0.2) is 0 Å². The fourth-order valence-electron chi connectivity index (χ4n) is 4.65. The van der Waals surface area contributed by atoms with Crippen LogP contribution in [0, 0.1) is 0 Å². The van der Waals surface area contributed by atoms with E-state index >= 15 is 0 Å². The van der Waals surface area contributed by atoms with E-state index in [0.717, 1.165) is 65.0 Å². The topological polar surface area (TPSA) is 25.8 Å². The van der Waals surface area contributed by atoms with Crippen molar-refractivity contribution in [3.05, 3.63) is 143 Å². The highest BCUT2D eigenvalue weighted by Crippen LogP contribution is 2.43. The Morgan fingerprint density at radius 3 is 1.76 bits per heavy atom. The molecule has 0 aliphatic heterocycles. The molecule has 38 heavy (non-hydrogen) atoms. The van der Waals surface area contributed by atoms with Crippen LogP contribution in [0.1, 0.15) is 0 Å². The van der Waals surface area contributed by atoms with E-state index in [4.69, 9.17) is 4.98 Å². The summed E-state index contributed by atoms with van der Waals surface area (Å²) in [5.74, 6) is 0. The Morgan fingerprint density at radius 2 is 1.11 bits per heavy atom. The van der Waals surface area contributed by atoms with Gasteiger partial charge in [-0.3, -0.25) is 4.98 Å². The summed E-state index contributed by atoms with van der Waals surface area (Å²) in [5, 5.41) is 0. The van der Waals surface area contributed by atoms with Crippen LogP contribution >= 0.6 is 31.9 Å². The van der Waals surface area contributed by atoms with Gasteiger partial charge in [0.25, 0.3) is 0 Å². The van der Waals surface area contributed by atoms with Crippen LogP contribution in [-0.2, 0) is 0 Å². The summed E-state index contributed by atoms with van der Waals surface area (Å²) >= 11 is 7.45. The highest BCUT2D eigenvalue weighted by molar-refractivity contribution is 9.10. The van der Waals surface area contributed by atoms with Crippen molar-refractivity contribution in [1.82, 2.24) is 9.97 Å². The minimum Gasteiger partial charge on any atom is -0.255 e. The van der Waals surface area contributed by atoms with Gasteiger partial charge in [-0.2, -0.15) is 0 Å². The highest BCUT2D eigenvalue weighted by Gasteiger charge is 2.18. The Kier molecular flexibility index (Phi) is 7.00. The number of pyridine rings is 2. The van der Waals surface area contributed by atoms with Crippen molar-refractivity contribution in [2.45, 2.75) is 0 Å². The molecule has 0 fully saturated rings. The molecule has 4 heteroatoms. The van der Waals surface area contributed by atoms with Crippen molar-refractivity contribution in [3.8, 4) is 56.0 Å². The van der Waals surface area contributed by atoms with Crippen LogP contribution in [0.3, 0.4) is 0 Å². The molecule has 182 valence electrons. The molecule has 2 heterocycles. The Labute approximate surface area is 239 Å². The Hall–Kier alpha value is -3.86. The van der Waals surface area contributed by atoms with E-state index in [1.165, 1.54) is 0 Å². The van der Waals surface area contributed by atoms with Crippen LogP contribution in [0.15, 0.2) is 143 Å². The summed E-state index contributed by atoms with van der Waals surface area (Å²) < 4.78 is 2.08. The number of hydrogen-bond donors (Lipinski definition) is 0. The van der Waals surface area contributed by atoms with Crippen molar-refractivity contribution < 1.29 is 0 Å². The first-order valence-electron chi connectivity index (χ1n) is 12.3. The smallest absolute Gasteiger partial charge is 0.0894 e. The van der Waals surface area contributed by atoms with E-state index < -0.39 is 0 Å². The second-order valence-corrected chi connectivity index (χ2v) is 10.7. The van der Waals surface area contributed by atoms with Gasteiger partial charge < -0.3 is 0 Å². The van der Waals surface area contributed by atoms with Crippen LogP contribution in [0.5, 0.6) is 0 Å². The molecule has 6 aromatic rings. The summed E-state index contributed by atoms with van der Waals surface area (Å²) in [4.78, 5) is 9.74. The predicted molar refractivity (Wildman–Crippen MR) is 165 cm³/mol. The largest absolute Gasteiger partial charge is 0.255 e. The number of nitrogens with zero attached hydrogens (tertiary/aromatic N) is 2. The van der Waals surface area contributed by atoms with Crippen molar-refractivity contribution in [1.29, 1.82) is 0 Å². The van der Waals surface area contributed by atoms with Gasteiger partial charge >= 0.3 is 0 Å². The molecule has 0 unspecified atom stereocenters. The standard InChI is InChI=1S/C34H22Br2N2/c35-26-16-14-25(15-17-26)34-27(18-19-33(38-34)32-13-7-8-20-37-32)30-21-29(24-11-5-2-6-12-24)31(36)22-28(30)23-9-3-1-4-10-23/h1-22H. The summed E-state index contributed by atoms with van der Waals surface area (Å²) in [5.41, 5.74) is 10.4. The van der Waals surface area contributed by atoms with Gasteiger partial charge in [-0.1, -0.05) is 111 Å². The van der Waals surface area contributed by atoms with Gasteiger partial charge in [-0.15, -0.1) is 0 Å². The van der Waals surface area contributed by atoms with Crippen LogP contribution in [0.2, 0.25) is 0 Å². The van der Waals surface area contributed by atoms with Crippen LogP contribution < -0.4 is 0 Å². The molecule has 0 aliphatic carbocycles. The van der Waals surface area contributed by atoms with E-state index in [1.54, 1.807) is 6.20 Å². The second kappa shape index (κ2) is 10.9. The molecule has 0 saturated heterocycles. The summed E-state index contributed by atoms with van der Waals surface area (Å²) in [7, 11) is 0. The molecule has 0 radical (unpaired) electrons. The molecule has 2 aromatic heterocycles. The zero-order valence-corrected chi connectivity index (χ0v) is 23.5. The first-order valence-corrected chi connectivity index (χ1v) is 13.9. The molecule has 0 bridgehead atoms. The summed E-state index contributed by atoms with van der Waals surface area (Å²) in [6.45, 7) is 0. The van der Waals surface area contributed by atoms with Gasteiger partial charge in [-0.25, -0.2) is 4.98 Å². The van der Waals surface area contributed by atoms with E-state index in [1.807, 2.05) is 30.3 Å². The average Bonchev–Trinajstić information content (AvgIpc) is 2.98. The predicted octanol–water partition coefficient (Wildman–Crippen LogP) is 10.3. The van der Waals surface area contributed by atoms with Crippen molar-refractivity contribution in [2.75, 3.05) is 0 Å². The maximum absolute atomic E-state index is 5.19. The van der Waals surface area contributed by atoms with Gasteiger partial charge in [0.2, 0.25) is 0 Å². The molecule has 0 amide bonds. The molecular weight excluding hydrogens is 596 g/mol. The van der Waals surface area contributed by atoms with E-state index in [9.17, 15) is 0 Å². The van der Waals surface area contributed by atoms with Gasteiger partial charge in [0, 0.05) is 26.3 Å². The monoisotopic (exact) mass is 616 g/mol. The first kappa shape index (κ1) is 24.5. The third-order valence-corrected chi connectivity index (χ3v) is 7.69. The molecule has 0 N–H and O–H groups in total. The zero-order chi connectivity index (χ0) is 25.9. The molecule has 0 atom stereocenters. The first-order chi connectivity index (χ1) is 18.7. The third-order valence-electron chi connectivity index (χ3n) is 6.51. The zero-order valence-electron chi connectivity index (χ0n) is 20.4. The minimum absolute atomic E-state index is 0.842. The van der Waals surface area contributed by atoms with Gasteiger partial charge in [-0.05, 0) is 76.3 Å². The number of rotatable bonds is 5. The molecule has 0 spiro atoms. The highest BCUT2D eigenvalue weighted by atomic mass is 79.9. The average molecular weight is 618 g/mol. The van der Waals surface area contributed by atoms with E-state index in [2.05, 4.69) is 134 Å². The number of hydrogen-bond acceptors (Lipinski definition) is 2. The summed E-state index contributed by atoms with van der Waals surface area (Å²) in [6.07, 6.45) is 1.80.